The number of aromatic nitrogens is 1. The van der Waals surface area contributed by atoms with Crippen molar-refractivity contribution >= 4 is 40.8 Å². The Morgan fingerprint density at radius 3 is 2.43 bits per heavy atom. The average molecular weight is 609 g/mol. The van der Waals surface area contributed by atoms with Crippen LogP contribution in [0.5, 0.6) is 17.2 Å². The number of carbonyl (C=O) groups excluding carboxylic acids is 2. The fourth-order valence-electron chi connectivity index (χ4n) is 3.54. The molecule has 0 radical (unpaired) electrons. The number of amidine groups is 1. The highest BCUT2D eigenvalue weighted by Crippen LogP contribution is 2.34. The second-order valence-corrected chi connectivity index (χ2v) is 9.24. The molecule has 224 valence electrons. The van der Waals surface area contributed by atoms with Gasteiger partial charge in [-0.3, -0.25) is 21.1 Å². The van der Waals surface area contributed by atoms with Crippen molar-refractivity contribution in [2.24, 2.45) is 5.73 Å². The van der Waals surface area contributed by atoms with E-state index in [1.54, 1.807) is 43.3 Å². The molecule has 2 aromatic carbocycles. The molecule has 15 heteroatoms. The minimum atomic E-state index is -5.30. The van der Waals surface area contributed by atoms with Gasteiger partial charge in [0.15, 0.2) is 11.5 Å². The summed E-state index contributed by atoms with van der Waals surface area (Å²) in [4.78, 5) is 29.0. The van der Waals surface area contributed by atoms with Gasteiger partial charge >= 0.3 is 12.1 Å². The van der Waals surface area contributed by atoms with Crippen LogP contribution >= 0.6 is 11.6 Å². The number of hydrogen-bond donors (Lipinski definition) is 5. The van der Waals surface area contributed by atoms with Crippen LogP contribution in [-0.4, -0.2) is 41.6 Å². The van der Waals surface area contributed by atoms with Crippen LogP contribution in [0.25, 0.3) is 0 Å². The van der Waals surface area contributed by atoms with E-state index >= 15 is 0 Å². The Kier molecular flexibility index (Phi) is 10.4. The van der Waals surface area contributed by atoms with Gasteiger partial charge < -0.3 is 25.3 Å². The highest BCUT2D eigenvalue weighted by atomic mass is 35.5. The molecule has 1 aromatic heterocycles. The number of pyridine rings is 1. The molecule has 1 atom stereocenters. The average Bonchev–Trinajstić information content (AvgIpc) is 2.91. The van der Waals surface area contributed by atoms with Crippen LogP contribution in [0.1, 0.15) is 37.9 Å². The molecule has 3 aromatic rings. The van der Waals surface area contributed by atoms with E-state index < -0.39 is 35.7 Å². The molecule has 3 rings (SSSR count). The monoisotopic (exact) mass is 608 g/mol. The third kappa shape index (κ3) is 8.64. The standard InChI is InChI=1S/C27H28ClF3N6O5/c1-4-40-20-12-15(8-11-18(20)41-14(2)3)23(25(38)37-36-22-7-5-6-21(28)35-22)34-16-9-10-17(24(32)33)19(13-16)42-26(39)27(29,30)31/h5-14,23,34H,4H2,1-3H3,(H3,32,33)(H,35,36)(H,37,38). The minimum absolute atomic E-state index is 0.0615. The van der Waals surface area contributed by atoms with Crippen molar-refractivity contribution in [2.45, 2.75) is 39.1 Å². The Hall–Kier alpha value is -4.72. The largest absolute Gasteiger partial charge is 0.491 e. The van der Waals surface area contributed by atoms with E-state index in [4.69, 9.17) is 32.2 Å². The third-order valence-electron chi connectivity index (χ3n) is 5.27. The second-order valence-electron chi connectivity index (χ2n) is 8.85. The maximum absolute atomic E-state index is 13.5. The smallest absolute Gasteiger partial charge is 0.490 e. The van der Waals surface area contributed by atoms with Crippen molar-refractivity contribution in [1.82, 2.24) is 10.4 Å². The van der Waals surface area contributed by atoms with Gasteiger partial charge in [-0.05, 0) is 62.7 Å². The molecule has 42 heavy (non-hydrogen) atoms. The van der Waals surface area contributed by atoms with Gasteiger partial charge in [-0.1, -0.05) is 23.7 Å². The summed E-state index contributed by atoms with van der Waals surface area (Å²) in [5.74, 6) is -3.41. The summed E-state index contributed by atoms with van der Waals surface area (Å²) in [5.41, 5.74) is 10.8. The number of nitrogens with zero attached hydrogens (tertiary/aromatic N) is 1. The zero-order valence-corrected chi connectivity index (χ0v) is 23.4. The predicted molar refractivity (Wildman–Crippen MR) is 150 cm³/mol. The first-order chi connectivity index (χ1) is 19.8. The van der Waals surface area contributed by atoms with Crippen LogP contribution in [0.4, 0.5) is 24.7 Å². The van der Waals surface area contributed by atoms with E-state index in [-0.39, 0.29) is 28.3 Å². The van der Waals surface area contributed by atoms with Crippen LogP contribution in [0.2, 0.25) is 5.15 Å². The fraction of sp³-hybridized carbons (Fsp3) is 0.259. The van der Waals surface area contributed by atoms with Crippen LogP contribution in [-0.2, 0) is 9.59 Å². The topological polar surface area (TPSA) is 161 Å². The van der Waals surface area contributed by atoms with Crippen molar-refractivity contribution in [2.75, 3.05) is 17.3 Å². The zero-order valence-electron chi connectivity index (χ0n) is 22.6. The summed E-state index contributed by atoms with van der Waals surface area (Å²) in [6, 6.07) is 11.9. The predicted octanol–water partition coefficient (Wildman–Crippen LogP) is 4.97. The summed E-state index contributed by atoms with van der Waals surface area (Å²) >= 11 is 5.91. The van der Waals surface area contributed by atoms with Gasteiger partial charge in [-0.25, -0.2) is 9.78 Å². The molecule has 0 fully saturated rings. The van der Waals surface area contributed by atoms with Gasteiger partial charge in [-0.2, -0.15) is 13.2 Å². The van der Waals surface area contributed by atoms with Crippen LogP contribution < -0.4 is 36.1 Å². The second kappa shape index (κ2) is 13.8. The Morgan fingerprint density at radius 2 is 1.81 bits per heavy atom. The third-order valence-corrected chi connectivity index (χ3v) is 5.48. The van der Waals surface area contributed by atoms with Gasteiger partial charge in [-0.15, -0.1) is 0 Å². The lowest BCUT2D eigenvalue weighted by Crippen LogP contribution is -2.37. The highest BCUT2D eigenvalue weighted by molar-refractivity contribution is 6.29. The van der Waals surface area contributed by atoms with Crippen molar-refractivity contribution < 1.29 is 37.0 Å². The first-order valence-corrected chi connectivity index (χ1v) is 12.8. The summed E-state index contributed by atoms with van der Waals surface area (Å²) in [6.07, 6.45) is -5.46. The Balaban J connectivity index is 2.01. The summed E-state index contributed by atoms with van der Waals surface area (Å²) in [5, 5.41) is 10.7. The van der Waals surface area contributed by atoms with Gasteiger partial charge in [0.25, 0.3) is 5.91 Å². The number of anilines is 2. The van der Waals surface area contributed by atoms with Gasteiger partial charge in [0.1, 0.15) is 28.6 Å². The number of amides is 1. The molecular formula is C27H28ClF3N6O5. The quantitative estimate of drug-likeness (QED) is 0.0477. The molecule has 0 aliphatic rings. The number of nitrogen functional groups attached to an aromatic ring is 1. The zero-order chi connectivity index (χ0) is 31.0. The number of benzene rings is 2. The van der Waals surface area contributed by atoms with Crippen LogP contribution in [0, 0.1) is 5.41 Å². The lowest BCUT2D eigenvalue weighted by atomic mass is 10.0. The molecule has 0 saturated carbocycles. The highest BCUT2D eigenvalue weighted by Gasteiger charge is 2.42. The van der Waals surface area contributed by atoms with Crippen molar-refractivity contribution in [1.29, 1.82) is 5.41 Å². The summed E-state index contributed by atoms with van der Waals surface area (Å²) in [6.45, 7) is 5.75. The van der Waals surface area contributed by atoms with Crippen molar-refractivity contribution in [3.8, 4) is 17.2 Å². The number of alkyl halides is 3. The number of esters is 1. The van der Waals surface area contributed by atoms with E-state index in [1.165, 1.54) is 12.1 Å². The maximum atomic E-state index is 13.5. The SMILES string of the molecule is CCOc1cc(C(Nc2ccc(C(=N)N)c(OC(=O)C(F)(F)F)c2)C(=O)NNc2cccc(Cl)n2)ccc1OC(C)C. The van der Waals surface area contributed by atoms with E-state index in [0.717, 1.165) is 6.07 Å². The lowest BCUT2D eigenvalue weighted by molar-refractivity contribution is -0.189. The molecular weight excluding hydrogens is 581 g/mol. The molecule has 1 amide bonds. The van der Waals surface area contributed by atoms with Crippen LogP contribution in [0.3, 0.4) is 0 Å². The molecule has 0 saturated heterocycles. The molecule has 0 aliphatic heterocycles. The Labute approximate surface area is 244 Å². The number of nitrogens with one attached hydrogen (secondary N) is 4. The number of halogens is 4. The van der Waals surface area contributed by atoms with Crippen LogP contribution in [0.15, 0.2) is 54.6 Å². The number of hydrogen-bond acceptors (Lipinski definition) is 9. The molecule has 0 spiro atoms. The number of rotatable bonds is 12. The number of carbonyl (C=O) groups is 2. The molecule has 1 heterocycles. The van der Waals surface area contributed by atoms with Crippen molar-refractivity contribution in [3.63, 3.8) is 0 Å². The Bertz CT molecular complexity index is 1450. The van der Waals surface area contributed by atoms with Gasteiger partial charge in [0.05, 0.1) is 18.3 Å². The molecule has 6 N–H and O–H groups in total. The van der Waals surface area contributed by atoms with E-state index in [1.807, 2.05) is 13.8 Å². The first kappa shape index (κ1) is 31.8. The maximum Gasteiger partial charge on any atom is 0.491 e. The minimum Gasteiger partial charge on any atom is -0.490 e. The summed E-state index contributed by atoms with van der Waals surface area (Å²) < 4.78 is 54.7. The van der Waals surface area contributed by atoms with Crippen molar-refractivity contribution in [3.05, 3.63) is 70.9 Å². The normalized spacial score (nSPS) is 11.8. The number of hydrazine groups is 1. The summed E-state index contributed by atoms with van der Waals surface area (Å²) in [7, 11) is 0. The first-order valence-electron chi connectivity index (χ1n) is 12.4. The molecule has 11 nitrogen and oxygen atoms in total. The van der Waals surface area contributed by atoms with E-state index in [9.17, 15) is 22.8 Å². The fourth-order valence-corrected chi connectivity index (χ4v) is 3.71. The number of ether oxygens (including phenoxy) is 3. The lowest BCUT2D eigenvalue weighted by Gasteiger charge is -2.23. The van der Waals surface area contributed by atoms with E-state index in [0.29, 0.717) is 23.7 Å². The molecule has 1 unspecified atom stereocenters. The van der Waals surface area contributed by atoms with E-state index in [2.05, 4.69) is 25.9 Å². The Morgan fingerprint density at radius 1 is 1.07 bits per heavy atom. The van der Waals surface area contributed by atoms with Gasteiger partial charge in [0, 0.05) is 11.8 Å². The number of nitrogens with two attached hydrogens (primary N) is 1. The molecule has 0 aliphatic carbocycles. The molecule has 0 bridgehead atoms. The van der Waals surface area contributed by atoms with Gasteiger partial charge in [0.2, 0.25) is 0 Å².